The first-order valence-electron chi connectivity index (χ1n) is 10.6. The molecule has 1 aromatic heterocycles. The van der Waals surface area contributed by atoms with Gasteiger partial charge in [-0.05, 0) is 42.2 Å². The molecular weight excluding hydrogens is 396 g/mol. The molecule has 5 rings (SSSR count). The third-order valence-corrected chi connectivity index (χ3v) is 6.09. The van der Waals surface area contributed by atoms with E-state index in [4.69, 9.17) is 10.5 Å². The van der Waals surface area contributed by atoms with Gasteiger partial charge in [-0.1, -0.05) is 54.6 Å². The van der Waals surface area contributed by atoms with Crippen molar-refractivity contribution >= 4 is 0 Å². The summed E-state index contributed by atoms with van der Waals surface area (Å²) >= 11 is 0. The number of hydrogen-bond acceptors (Lipinski definition) is 5. The van der Waals surface area contributed by atoms with Gasteiger partial charge in [0.05, 0.1) is 23.5 Å². The van der Waals surface area contributed by atoms with Gasteiger partial charge in [0.25, 0.3) is 0 Å². The van der Waals surface area contributed by atoms with Gasteiger partial charge in [0.15, 0.2) is 0 Å². The summed E-state index contributed by atoms with van der Waals surface area (Å²) in [6.07, 6.45) is 3.87. The van der Waals surface area contributed by atoms with Crippen molar-refractivity contribution in [3.63, 3.8) is 0 Å². The Kier molecular flexibility index (Phi) is 5.14. The van der Waals surface area contributed by atoms with Gasteiger partial charge in [0.2, 0.25) is 0 Å². The Morgan fingerprint density at radius 2 is 1.72 bits per heavy atom. The predicted molar refractivity (Wildman–Crippen MR) is 124 cm³/mol. The highest BCUT2D eigenvalue weighted by Crippen LogP contribution is 2.47. The van der Waals surface area contributed by atoms with Gasteiger partial charge in [0.1, 0.15) is 11.5 Å². The minimum Gasteiger partial charge on any atom is -0.455 e. The zero-order valence-corrected chi connectivity index (χ0v) is 17.5. The second-order valence-electron chi connectivity index (χ2n) is 8.13. The standard InChI is InChI=1S/C27H22N4O/c28-16-19-6-11-24(20-7-9-22(10-8-20)27(18-29)12-13-27)26(14-19)32-23-15-25(31-30-17-23)21-4-2-1-3-5-21/h1-11,14-15,17H,12-13,18,29H2. The van der Waals surface area contributed by atoms with Crippen LogP contribution in [0.4, 0.5) is 0 Å². The summed E-state index contributed by atoms with van der Waals surface area (Å²) in [5, 5.41) is 17.7. The number of ether oxygens (including phenoxy) is 1. The molecule has 1 saturated carbocycles. The minimum absolute atomic E-state index is 0.152. The number of nitriles is 1. The fraction of sp³-hybridized carbons (Fsp3) is 0.148. The lowest BCUT2D eigenvalue weighted by Crippen LogP contribution is -2.19. The summed E-state index contributed by atoms with van der Waals surface area (Å²) < 4.78 is 6.23. The lowest BCUT2D eigenvalue weighted by atomic mass is 9.93. The summed E-state index contributed by atoms with van der Waals surface area (Å²) in [5.41, 5.74) is 11.6. The molecule has 4 aromatic rings. The van der Waals surface area contributed by atoms with E-state index in [9.17, 15) is 5.26 Å². The lowest BCUT2D eigenvalue weighted by Gasteiger charge is -2.15. The van der Waals surface area contributed by atoms with E-state index < -0.39 is 0 Å². The number of benzene rings is 3. The van der Waals surface area contributed by atoms with Crippen molar-refractivity contribution in [3.8, 4) is 40.0 Å². The molecule has 1 fully saturated rings. The van der Waals surface area contributed by atoms with Crippen LogP contribution in [0.25, 0.3) is 22.4 Å². The zero-order valence-electron chi connectivity index (χ0n) is 17.5. The molecule has 1 aliphatic carbocycles. The van der Waals surface area contributed by atoms with E-state index in [0.29, 0.717) is 23.6 Å². The van der Waals surface area contributed by atoms with Crippen LogP contribution in [-0.2, 0) is 5.41 Å². The van der Waals surface area contributed by atoms with E-state index in [1.54, 1.807) is 18.3 Å². The van der Waals surface area contributed by atoms with Gasteiger partial charge in [0, 0.05) is 29.2 Å². The summed E-state index contributed by atoms with van der Waals surface area (Å²) in [6.45, 7) is 0.677. The molecule has 0 bridgehead atoms. The number of rotatable bonds is 6. The van der Waals surface area contributed by atoms with Crippen LogP contribution >= 0.6 is 0 Å². The molecule has 0 atom stereocenters. The van der Waals surface area contributed by atoms with Crippen LogP contribution in [-0.4, -0.2) is 16.7 Å². The molecule has 0 unspecified atom stereocenters. The summed E-state index contributed by atoms with van der Waals surface area (Å²) in [6, 6.07) is 27.9. The molecule has 0 spiro atoms. The minimum atomic E-state index is 0.152. The van der Waals surface area contributed by atoms with Crippen LogP contribution in [0.15, 0.2) is 85.1 Å². The van der Waals surface area contributed by atoms with Crippen molar-refractivity contribution in [3.05, 3.63) is 96.2 Å². The van der Waals surface area contributed by atoms with E-state index >= 15 is 0 Å². The fourth-order valence-corrected chi connectivity index (χ4v) is 3.96. The third-order valence-electron chi connectivity index (χ3n) is 6.09. The molecule has 0 amide bonds. The highest BCUT2D eigenvalue weighted by atomic mass is 16.5. The number of aromatic nitrogens is 2. The van der Waals surface area contributed by atoms with Crippen LogP contribution in [0.3, 0.4) is 0 Å². The second kappa shape index (κ2) is 8.26. The maximum absolute atomic E-state index is 9.40. The van der Waals surface area contributed by atoms with E-state index in [1.165, 1.54) is 5.56 Å². The van der Waals surface area contributed by atoms with Crippen molar-refractivity contribution in [1.29, 1.82) is 5.26 Å². The molecule has 32 heavy (non-hydrogen) atoms. The highest BCUT2D eigenvalue weighted by Gasteiger charge is 2.42. The van der Waals surface area contributed by atoms with Crippen LogP contribution < -0.4 is 10.5 Å². The first kappa shape index (κ1) is 19.9. The number of nitrogens with two attached hydrogens (primary N) is 1. The van der Waals surface area contributed by atoms with Crippen molar-refractivity contribution in [2.45, 2.75) is 18.3 Å². The van der Waals surface area contributed by atoms with Gasteiger partial charge in [-0.3, -0.25) is 0 Å². The highest BCUT2D eigenvalue weighted by molar-refractivity contribution is 5.72. The van der Waals surface area contributed by atoms with Crippen molar-refractivity contribution in [2.24, 2.45) is 5.73 Å². The fourth-order valence-electron chi connectivity index (χ4n) is 3.96. The van der Waals surface area contributed by atoms with Crippen LogP contribution in [0.2, 0.25) is 0 Å². The maximum atomic E-state index is 9.40. The van der Waals surface area contributed by atoms with E-state index in [-0.39, 0.29) is 5.41 Å². The van der Waals surface area contributed by atoms with Crippen molar-refractivity contribution in [1.82, 2.24) is 10.2 Å². The Balaban J connectivity index is 1.49. The van der Waals surface area contributed by atoms with Crippen molar-refractivity contribution < 1.29 is 4.74 Å². The smallest absolute Gasteiger partial charge is 0.149 e. The van der Waals surface area contributed by atoms with E-state index in [1.807, 2.05) is 42.5 Å². The summed E-state index contributed by atoms with van der Waals surface area (Å²) in [5.74, 6) is 1.16. The van der Waals surface area contributed by atoms with E-state index in [2.05, 4.69) is 40.5 Å². The molecule has 2 N–H and O–H groups in total. The average Bonchev–Trinajstić information content (AvgIpc) is 3.66. The summed E-state index contributed by atoms with van der Waals surface area (Å²) in [7, 11) is 0. The molecular formula is C27H22N4O. The Bertz CT molecular complexity index is 1290. The van der Waals surface area contributed by atoms with Gasteiger partial charge in [-0.15, -0.1) is 0 Å². The topological polar surface area (TPSA) is 84.8 Å². The molecule has 3 aromatic carbocycles. The molecule has 0 radical (unpaired) electrons. The first-order chi connectivity index (χ1) is 15.7. The molecule has 156 valence electrons. The molecule has 5 nitrogen and oxygen atoms in total. The van der Waals surface area contributed by atoms with Gasteiger partial charge in [-0.2, -0.15) is 15.5 Å². The third kappa shape index (κ3) is 3.84. The molecule has 0 aliphatic heterocycles. The van der Waals surface area contributed by atoms with Gasteiger partial charge >= 0.3 is 0 Å². The van der Waals surface area contributed by atoms with Crippen LogP contribution in [0.1, 0.15) is 24.0 Å². The van der Waals surface area contributed by atoms with Gasteiger partial charge in [-0.25, -0.2) is 0 Å². The second-order valence-corrected chi connectivity index (χ2v) is 8.13. The van der Waals surface area contributed by atoms with E-state index in [0.717, 1.165) is 35.2 Å². The normalized spacial score (nSPS) is 13.9. The summed E-state index contributed by atoms with van der Waals surface area (Å²) in [4.78, 5) is 0. The predicted octanol–water partition coefficient (Wildman–Crippen LogP) is 5.46. The quantitative estimate of drug-likeness (QED) is 0.449. The monoisotopic (exact) mass is 418 g/mol. The lowest BCUT2D eigenvalue weighted by molar-refractivity contribution is 0.480. The number of nitrogens with zero attached hydrogens (tertiary/aromatic N) is 3. The van der Waals surface area contributed by atoms with Crippen LogP contribution in [0.5, 0.6) is 11.5 Å². The first-order valence-corrected chi connectivity index (χ1v) is 10.6. The SMILES string of the molecule is N#Cc1ccc(-c2ccc(C3(CN)CC3)cc2)c(Oc2cnnc(-c3ccccc3)c2)c1. The largest absolute Gasteiger partial charge is 0.455 e. The Morgan fingerprint density at radius 3 is 2.41 bits per heavy atom. The average molecular weight is 419 g/mol. The van der Waals surface area contributed by atoms with Crippen LogP contribution in [0, 0.1) is 11.3 Å². The molecule has 5 heteroatoms. The maximum Gasteiger partial charge on any atom is 0.149 e. The Morgan fingerprint density at radius 1 is 0.938 bits per heavy atom. The molecule has 1 heterocycles. The van der Waals surface area contributed by atoms with Crippen molar-refractivity contribution in [2.75, 3.05) is 6.54 Å². The Labute approximate surface area is 187 Å². The Hall–Kier alpha value is -4.01. The molecule has 1 aliphatic rings. The van der Waals surface area contributed by atoms with Gasteiger partial charge < -0.3 is 10.5 Å². The number of hydrogen-bond donors (Lipinski definition) is 1. The zero-order chi connectivity index (χ0) is 22.0. The molecule has 0 saturated heterocycles.